The van der Waals surface area contributed by atoms with Crippen molar-refractivity contribution < 1.29 is 13.2 Å². The lowest BCUT2D eigenvalue weighted by atomic mass is 10.0. The van der Waals surface area contributed by atoms with Crippen molar-refractivity contribution in [3.63, 3.8) is 0 Å². The molecule has 1 aromatic rings. The van der Waals surface area contributed by atoms with Crippen molar-refractivity contribution in [2.24, 2.45) is 5.92 Å². The molecule has 0 radical (unpaired) electrons. The van der Waals surface area contributed by atoms with Crippen molar-refractivity contribution in [2.75, 3.05) is 30.5 Å². The highest BCUT2D eigenvalue weighted by Crippen LogP contribution is 2.24. The number of nitrogen functional groups attached to an aromatic ring is 1. The van der Waals surface area contributed by atoms with E-state index in [0.29, 0.717) is 24.8 Å². The van der Waals surface area contributed by atoms with Gasteiger partial charge >= 0.3 is 0 Å². The van der Waals surface area contributed by atoms with Gasteiger partial charge in [0.05, 0.1) is 28.9 Å². The Hall–Kier alpha value is -1.27. The van der Waals surface area contributed by atoms with Crippen LogP contribution in [0, 0.1) is 5.92 Å². The van der Waals surface area contributed by atoms with E-state index in [9.17, 15) is 8.42 Å². The predicted molar refractivity (Wildman–Crippen MR) is 82.7 cm³/mol. The second-order valence-electron chi connectivity index (χ2n) is 5.18. The molecule has 0 spiro atoms. The van der Waals surface area contributed by atoms with Crippen molar-refractivity contribution in [2.45, 2.75) is 31.7 Å². The van der Waals surface area contributed by atoms with Gasteiger partial charge in [-0.3, -0.25) is 0 Å². The van der Waals surface area contributed by atoms with Crippen LogP contribution in [0.5, 0.6) is 0 Å². The molecule has 5 nitrogen and oxygen atoms in total. The average molecular weight is 300 g/mol. The molecule has 0 aliphatic carbocycles. The average Bonchev–Trinajstić information content (AvgIpc) is 2.34. The first-order valence-electron chi connectivity index (χ1n) is 6.69. The maximum Gasteiger partial charge on any atom is 0.175 e. The van der Waals surface area contributed by atoms with E-state index in [-0.39, 0.29) is 10.9 Å². The van der Waals surface area contributed by atoms with Gasteiger partial charge in [-0.1, -0.05) is 13.8 Å². The molecule has 0 saturated carbocycles. The van der Waals surface area contributed by atoms with Crippen LogP contribution in [0.2, 0.25) is 0 Å². The molecule has 20 heavy (non-hydrogen) atoms. The molecule has 0 aliphatic rings. The molecule has 0 bridgehead atoms. The minimum absolute atomic E-state index is 0.126. The second-order valence-corrected chi connectivity index (χ2v) is 7.19. The Morgan fingerprint density at radius 1 is 1.35 bits per heavy atom. The second kappa shape index (κ2) is 6.95. The van der Waals surface area contributed by atoms with Crippen molar-refractivity contribution >= 4 is 21.2 Å². The van der Waals surface area contributed by atoms with E-state index in [2.05, 4.69) is 19.2 Å². The molecule has 0 aliphatic heterocycles. The monoisotopic (exact) mass is 300 g/mol. The summed E-state index contributed by atoms with van der Waals surface area (Å²) in [5, 5.41) is 3.32. The molecule has 3 N–H and O–H groups in total. The third-order valence-electron chi connectivity index (χ3n) is 3.10. The van der Waals surface area contributed by atoms with E-state index in [0.717, 1.165) is 5.69 Å². The van der Waals surface area contributed by atoms with Crippen LogP contribution in [0.4, 0.5) is 11.4 Å². The fourth-order valence-corrected chi connectivity index (χ4v) is 2.40. The summed E-state index contributed by atoms with van der Waals surface area (Å²) < 4.78 is 28.4. The third kappa shape index (κ3) is 4.68. The maximum absolute atomic E-state index is 11.5. The molecular formula is C14H24N2O3S. The fraction of sp³-hybridized carbons (Fsp3) is 0.571. The molecule has 0 heterocycles. The van der Waals surface area contributed by atoms with Crippen molar-refractivity contribution in [1.82, 2.24) is 0 Å². The molecule has 114 valence electrons. The highest BCUT2D eigenvalue weighted by Gasteiger charge is 2.16. The van der Waals surface area contributed by atoms with Gasteiger partial charge in [-0.25, -0.2) is 8.42 Å². The van der Waals surface area contributed by atoms with Crippen LogP contribution < -0.4 is 11.1 Å². The molecule has 6 heteroatoms. The summed E-state index contributed by atoms with van der Waals surface area (Å²) in [6.45, 7) is 7.39. The number of anilines is 2. The first-order valence-corrected chi connectivity index (χ1v) is 8.58. The number of hydrogen-bond donors (Lipinski definition) is 2. The molecule has 1 atom stereocenters. The number of ether oxygens (including phenoxy) is 1. The SMILES string of the molecule is CCOCC(Nc1ccc(S(C)(=O)=O)cc1N)C(C)C. The Labute approximate surface area is 121 Å². The normalized spacial score (nSPS) is 13.4. The van der Waals surface area contributed by atoms with Crippen LogP contribution in [0.15, 0.2) is 23.1 Å². The summed E-state index contributed by atoms with van der Waals surface area (Å²) >= 11 is 0. The zero-order chi connectivity index (χ0) is 15.3. The molecular weight excluding hydrogens is 276 g/mol. The number of rotatable bonds is 7. The lowest BCUT2D eigenvalue weighted by Gasteiger charge is -2.24. The molecule has 0 amide bonds. The summed E-state index contributed by atoms with van der Waals surface area (Å²) in [7, 11) is -3.23. The predicted octanol–water partition coefficient (Wildman–Crippen LogP) is 2.15. The Morgan fingerprint density at radius 3 is 2.45 bits per heavy atom. The topological polar surface area (TPSA) is 81.4 Å². The van der Waals surface area contributed by atoms with E-state index in [4.69, 9.17) is 10.5 Å². The lowest BCUT2D eigenvalue weighted by molar-refractivity contribution is 0.127. The van der Waals surface area contributed by atoms with Gasteiger partial charge in [0.1, 0.15) is 0 Å². The van der Waals surface area contributed by atoms with Crippen molar-refractivity contribution in [3.05, 3.63) is 18.2 Å². The first kappa shape index (κ1) is 16.8. The van der Waals surface area contributed by atoms with Gasteiger partial charge in [0.2, 0.25) is 0 Å². The number of sulfone groups is 1. The van der Waals surface area contributed by atoms with E-state index in [1.54, 1.807) is 12.1 Å². The molecule has 1 aromatic carbocycles. The van der Waals surface area contributed by atoms with Gasteiger partial charge in [-0.15, -0.1) is 0 Å². The van der Waals surface area contributed by atoms with Gasteiger partial charge in [-0.05, 0) is 31.0 Å². The maximum atomic E-state index is 11.5. The van der Waals surface area contributed by atoms with Crippen molar-refractivity contribution in [1.29, 1.82) is 0 Å². The third-order valence-corrected chi connectivity index (χ3v) is 4.21. The minimum Gasteiger partial charge on any atom is -0.397 e. The summed E-state index contributed by atoms with van der Waals surface area (Å²) in [4.78, 5) is 0.228. The summed E-state index contributed by atoms with van der Waals surface area (Å²) in [6.07, 6.45) is 1.17. The highest BCUT2D eigenvalue weighted by atomic mass is 32.2. The zero-order valence-corrected chi connectivity index (χ0v) is 13.3. The van der Waals surface area contributed by atoms with Crippen LogP contribution in [-0.2, 0) is 14.6 Å². The van der Waals surface area contributed by atoms with Crippen LogP contribution in [-0.4, -0.2) is 33.9 Å². The Kier molecular flexibility index (Phi) is 5.83. The molecule has 1 rings (SSSR count). The lowest BCUT2D eigenvalue weighted by Crippen LogP contribution is -2.31. The number of nitrogens with one attached hydrogen (secondary N) is 1. The Morgan fingerprint density at radius 2 is 2.00 bits per heavy atom. The van der Waals surface area contributed by atoms with Gasteiger partial charge in [0.25, 0.3) is 0 Å². The van der Waals surface area contributed by atoms with Gasteiger partial charge in [0.15, 0.2) is 9.84 Å². The van der Waals surface area contributed by atoms with E-state index in [1.807, 2.05) is 6.92 Å². The fourth-order valence-electron chi connectivity index (χ4n) is 1.75. The van der Waals surface area contributed by atoms with Gasteiger partial charge < -0.3 is 15.8 Å². The van der Waals surface area contributed by atoms with Crippen LogP contribution in [0.3, 0.4) is 0 Å². The number of hydrogen-bond acceptors (Lipinski definition) is 5. The standard InChI is InChI=1S/C14H24N2O3S/c1-5-19-9-14(10(2)3)16-13-7-6-11(8-12(13)15)20(4,17)18/h6-8,10,14,16H,5,9,15H2,1-4H3. The first-order chi connectivity index (χ1) is 9.25. The van der Waals surface area contributed by atoms with Gasteiger partial charge in [-0.2, -0.15) is 0 Å². The summed E-state index contributed by atoms with van der Waals surface area (Å²) in [6, 6.07) is 4.87. The van der Waals surface area contributed by atoms with E-state index in [1.165, 1.54) is 12.3 Å². The van der Waals surface area contributed by atoms with Crippen LogP contribution in [0.25, 0.3) is 0 Å². The quantitative estimate of drug-likeness (QED) is 0.754. The molecule has 0 fully saturated rings. The van der Waals surface area contributed by atoms with Crippen molar-refractivity contribution in [3.8, 4) is 0 Å². The van der Waals surface area contributed by atoms with Crippen LogP contribution >= 0.6 is 0 Å². The zero-order valence-electron chi connectivity index (χ0n) is 12.5. The minimum atomic E-state index is -3.23. The smallest absolute Gasteiger partial charge is 0.175 e. The molecule has 0 aromatic heterocycles. The highest BCUT2D eigenvalue weighted by molar-refractivity contribution is 7.90. The molecule has 0 saturated heterocycles. The number of nitrogens with two attached hydrogens (primary N) is 1. The van der Waals surface area contributed by atoms with Gasteiger partial charge in [0, 0.05) is 12.9 Å². The largest absolute Gasteiger partial charge is 0.397 e. The Balaban J connectivity index is 2.91. The van der Waals surface area contributed by atoms with Crippen LogP contribution in [0.1, 0.15) is 20.8 Å². The van der Waals surface area contributed by atoms with E-state index < -0.39 is 9.84 Å². The van der Waals surface area contributed by atoms with E-state index >= 15 is 0 Å². The molecule has 1 unspecified atom stereocenters. The summed E-state index contributed by atoms with van der Waals surface area (Å²) in [5.41, 5.74) is 7.09. The summed E-state index contributed by atoms with van der Waals surface area (Å²) in [5.74, 6) is 0.371. The Bertz CT molecular complexity index is 541. The number of benzene rings is 1.